The second-order valence-electron chi connectivity index (χ2n) is 4.22. The zero-order chi connectivity index (χ0) is 13.1. The van der Waals surface area contributed by atoms with Crippen LogP contribution in [0.25, 0.3) is 0 Å². The van der Waals surface area contributed by atoms with Crippen molar-refractivity contribution >= 4 is 5.91 Å². The first kappa shape index (κ1) is 12.5. The zero-order valence-corrected chi connectivity index (χ0v) is 10.0. The largest absolute Gasteiger partial charge is 0.360 e. The smallest absolute Gasteiger partial charge is 0.257 e. The van der Waals surface area contributed by atoms with Gasteiger partial charge in [0, 0.05) is 6.54 Å². The molecule has 2 rings (SSSR count). The highest BCUT2D eigenvalue weighted by Crippen LogP contribution is 2.15. The first-order valence-electron chi connectivity index (χ1n) is 5.68. The third-order valence-corrected chi connectivity index (χ3v) is 2.85. The summed E-state index contributed by atoms with van der Waals surface area (Å²) in [4.78, 5) is 13.6. The number of carbonyl (C=O) groups excluding carboxylic acids is 1. The van der Waals surface area contributed by atoms with Gasteiger partial charge in [0.05, 0.1) is 24.8 Å². The summed E-state index contributed by atoms with van der Waals surface area (Å²) in [6.45, 7) is 2.63. The molecule has 1 aliphatic rings. The number of rotatable bonds is 1. The van der Waals surface area contributed by atoms with Crippen molar-refractivity contribution in [3.63, 3.8) is 0 Å². The maximum absolute atomic E-state index is 13.7. The fraction of sp³-hybridized carbons (Fsp3) is 0.385. The second-order valence-corrected chi connectivity index (χ2v) is 4.22. The van der Waals surface area contributed by atoms with E-state index in [1.165, 1.54) is 17.0 Å². The minimum atomic E-state index is -0.629. The van der Waals surface area contributed by atoms with Crippen molar-refractivity contribution < 1.29 is 13.9 Å². The Kier molecular flexibility index (Phi) is 3.58. The van der Waals surface area contributed by atoms with Crippen molar-refractivity contribution in [1.29, 1.82) is 5.26 Å². The molecule has 1 aliphatic heterocycles. The third-order valence-electron chi connectivity index (χ3n) is 2.85. The molecule has 5 heteroatoms. The van der Waals surface area contributed by atoms with Gasteiger partial charge in [-0.25, -0.2) is 4.39 Å². The van der Waals surface area contributed by atoms with Crippen LogP contribution in [0.5, 0.6) is 0 Å². The number of aryl methyl sites for hydroxylation is 1. The molecule has 1 heterocycles. The average molecular weight is 248 g/mol. The molecular formula is C13H13FN2O2. The molecule has 1 amide bonds. The van der Waals surface area contributed by atoms with E-state index in [9.17, 15) is 9.18 Å². The highest BCUT2D eigenvalue weighted by atomic mass is 19.1. The second kappa shape index (κ2) is 5.15. The summed E-state index contributed by atoms with van der Waals surface area (Å²) in [5.74, 6) is -0.920. The molecule has 4 nitrogen and oxygen atoms in total. The Hall–Kier alpha value is -1.93. The minimum absolute atomic E-state index is 0.0409. The summed E-state index contributed by atoms with van der Waals surface area (Å²) in [7, 11) is 0. The molecule has 18 heavy (non-hydrogen) atoms. The molecule has 0 saturated carbocycles. The van der Waals surface area contributed by atoms with Gasteiger partial charge in [-0.15, -0.1) is 0 Å². The Morgan fingerprint density at radius 2 is 2.39 bits per heavy atom. The predicted octanol–water partition coefficient (Wildman–Crippen LogP) is 1.50. The zero-order valence-electron chi connectivity index (χ0n) is 10.0. The molecule has 1 aromatic rings. The molecule has 0 aliphatic carbocycles. The van der Waals surface area contributed by atoms with E-state index in [1.807, 2.05) is 6.07 Å². The monoisotopic (exact) mass is 248 g/mol. The number of ether oxygens (including phenoxy) is 1. The number of morpholine rings is 1. The normalized spacial score (nSPS) is 19.4. The fourth-order valence-corrected chi connectivity index (χ4v) is 1.88. The maximum Gasteiger partial charge on any atom is 0.257 e. The van der Waals surface area contributed by atoms with Gasteiger partial charge in [0.1, 0.15) is 5.82 Å². The number of hydrogen-bond acceptors (Lipinski definition) is 3. The van der Waals surface area contributed by atoms with E-state index < -0.39 is 17.8 Å². The molecule has 94 valence electrons. The van der Waals surface area contributed by atoms with Gasteiger partial charge < -0.3 is 9.64 Å². The van der Waals surface area contributed by atoms with Gasteiger partial charge in [-0.1, -0.05) is 6.07 Å². The quantitative estimate of drug-likeness (QED) is 0.756. The van der Waals surface area contributed by atoms with Gasteiger partial charge in [-0.2, -0.15) is 5.26 Å². The summed E-state index contributed by atoms with van der Waals surface area (Å²) in [5.41, 5.74) is 0.806. The van der Waals surface area contributed by atoms with Crippen LogP contribution >= 0.6 is 0 Å². The number of nitriles is 1. The Labute approximate surface area is 105 Å². The molecule has 0 N–H and O–H groups in total. The highest BCUT2D eigenvalue weighted by Gasteiger charge is 2.26. The lowest BCUT2D eigenvalue weighted by Crippen LogP contribution is -2.45. The van der Waals surface area contributed by atoms with Gasteiger partial charge in [0.25, 0.3) is 5.91 Å². The van der Waals surface area contributed by atoms with Crippen molar-refractivity contribution in [2.24, 2.45) is 0 Å². The summed E-state index contributed by atoms with van der Waals surface area (Å²) < 4.78 is 18.8. The van der Waals surface area contributed by atoms with Crippen LogP contribution in [0.15, 0.2) is 18.2 Å². The summed E-state index contributed by atoms with van der Waals surface area (Å²) in [5, 5.41) is 8.77. The van der Waals surface area contributed by atoms with Crippen LogP contribution in [0.3, 0.4) is 0 Å². The number of amides is 1. The highest BCUT2D eigenvalue weighted by molar-refractivity contribution is 5.94. The number of benzene rings is 1. The topological polar surface area (TPSA) is 53.3 Å². The molecule has 0 unspecified atom stereocenters. The Morgan fingerprint density at radius 1 is 1.61 bits per heavy atom. The number of halogens is 1. The van der Waals surface area contributed by atoms with Crippen LogP contribution in [0, 0.1) is 24.1 Å². The maximum atomic E-state index is 13.7. The fourth-order valence-electron chi connectivity index (χ4n) is 1.88. The van der Waals surface area contributed by atoms with Gasteiger partial charge in [0.15, 0.2) is 6.10 Å². The van der Waals surface area contributed by atoms with E-state index in [0.29, 0.717) is 13.2 Å². The van der Waals surface area contributed by atoms with E-state index >= 15 is 0 Å². The number of nitrogens with zero attached hydrogens (tertiary/aromatic N) is 2. The summed E-state index contributed by atoms with van der Waals surface area (Å²) in [6, 6.07) is 6.45. The van der Waals surface area contributed by atoms with Crippen molar-refractivity contribution in [2.45, 2.75) is 13.0 Å². The van der Waals surface area contributed by atoms with Gasteiger partial charge in [-0.3, -0.25) is 4.79 Å². The molecule has 0 bridgehead atoms. The minimum Gasteiger partial charge on any atom is -0.360 e. The van der Waals surface area contributed by atoms with E-state index in [0.717, 1.165) is 5.56 Å². The first-order chi connectivity index (χ1) is 8.61. The summed E-state index contributed by atoms with van der Waals surface area (Å²) >= 11 is 0. The van der Waals surface area contributed by atoms with Crippen molar-refractivity contribution in [2.75, 3.05) is 19.7 Å². The first-order valence-corrected chi connectivity index (χ1v) is 5.68. The number of hydrogen-bond donors (Lipinski definition) is 0. The van der Waals surface area contributed by atoms with Crippen molar-refractivity contribution in [3.05, 3.63) is 35.1 Å². The molecule has 0 aromatic heterocycles. The van der Waals surface area contributed by atoms with Crippen LogP contribution in [0.2, 0.25) is 0 Å². The SMILES string of the molecule is Cc1ccc(C(=O)N2CCO[C@@H](C#N)C2)c(F)c1. The molecule has 1 fully saturated rings. The van der Waals surface area contributed by atoms with Crippen molar-refractivity contribution in [1.82, 2.24) is 4.90 Å². The Bertz CT molecular complexity index is 510. The molecular weight excluding hydrogens is 235 g/mol. The molecule has 1 saturated heterocycles. The van der Waals surface area contributed by atoms with Gasteiger partial charge >= 0.3 is 0 Å². The van der Waals surface area contributed by atoms with Crippen LogP contribution in [0.4, 0.5) is 4.39 Å². The predicted molar refractivity (Wildman–Crippen MR) is 62.4 cm³/mol. The van der Waals surface area contributed by atoms with E-state index in [1.54, 1.807) is 13.0 Å². The van der Waals surface area contributed by atoms with Crippen LogP contribution < -0.4 is 0 Å². The van der Waals surface area contributed by atoms with Crippen LogP contribution in [0.1, 0.15) is 15.9 Å². The number of carbonyl (C=O) groups is 1. The molecule has 1 atom stereocenters. The molecule has 0 radical (unpaired) electrons. The Morgan fingerprint density at radius 3 is 3.06 bits per heavy atom. The van der Waals surface area contributed by atoms with Gasteiger partial charge in [-0.05, 0) is 24.6 Å². The molecule has 0 spiro atoms. The van der Waals surface area contributed by atoms with E-state index in [2.05, 4.69) is 0 Å². The van der Waals surface area contributed by atoms with Crippen LogP contribution in [-0.2, 0) is 4.74 Å². The standard InChI is InChI=1S/C13H13FN2O2/c1-9-2-3-11(12(14)6-9)13(17)16-4-5-18-10(7-15)8-16/h2-3,6,10H,4-5,8H2,1H3/t10-/m0/s1. The van der Waals surface area contributed by atoms with Crippen molar-refractivity contribution in [3.8, 4) is 6.07 Å². The lowest BCUT2D eigenvalue weighted by Gasteiger charge is -2.29. The lowest BCUT2D eigenvalue weighted by molar-refractivity contribution is 0.00326. The third kappa shape index (κ3) is 2.49. The lowest BCUT2D eigenvalue weighted by atomic mass is 10.1. The summed E-state index contributed by atoms with van der Waals surface area (Å²) in [6.07, 6.45) is -0.629. The van der Waals surface area contributed by atoms with Crippen LogP contribution in [-0.4, -0.2) is 36.6 Å². The van der Waals surface area contributed by atoms with E-state index in [4.69, 9.17) is 10.00 Å². The molecule has 1 aromatic carbocycles. The van der Waals surface area contributed by atoms with Gasteiger partial charge in [0.2, 0.25) is 0 Å². The van der Waals surface area contributed by atoms with E-state index in [-0.39, 0.29) is 12.1 Å². The average Bonchev–Trinajstić information content (AvgIpc) is 2.38. The Balaban J connectivity index is 2.18.